The van der Waals surface area contributed by atoms with Gasteiger partial charge >= 0.3 is 11.9 Å². The van der Waals surface area contributed by atoms with E-state index in [9.17, 15) is 9.59 Å². The van der Waals surface area contributed by atoms with Crippen molar-refractivity contribution in [2.45, 2.75) is 128 Å². The zero-order chi connectivity index (χ0) is 40.4. The van der Waals surface area contributed by atoms with Gasteiger partial charge in [-0.15, -0.1) is 0 Å². The number of aromatic amines is 2. The van der Waals surface area contributed by atoms with Crippen LogP contribution in [0.1, 0.15) is 137 Å². The summed E-state index contributed by atoms with van der Waals surface area (Å²) in [5, 5.41) is 1.49. The molecule has 0 aromatic carbocycles. The van der Waals surface area contributed by atoms with Crippen LogP contribution in [0.3, 0.4) is 0 Å². The number of H-pyrrole nitrogens is 2. The molecule has 7 heterocycles. The minimum Gasteiger partial charge on any atom is -0.466 e. The Bertz CT molecular complexity index is 2180. The lowest BCUT2D eigenvalue weighted by atomic mass is 10.0. The molecule has 2 saturated heterocycles. The molecule has 8 bridgehead atoms. The Hall–Kier alpha value is -3.06. The normalized spacial score (nSPS) is 17.9. The first kappa shape index (κ1) is 43.0. The molecule has 4 aliphatic heterocycles. The van der Waals surface area contributed by atoms with Crippen molar-refractivity contribution in [1.82, 2.24) is 19.9 Å². The SMILES string of the molecule is CC1=Cc2cc3[nH]c(cc3C)cc3[nH]c(cc4nc(cc1n2)C(C)=C4CCCOC(=O)CCCCC1CCSS1)c(CCCOC(=O)CCCCC1CCSS1)c3C. The monoisotopic (exact) mass is 858 g/mol. The van der Waals surface area contributed by atoms with Crippen molar-refractivity contribution in [2.75, 3.05) is 24.7 Å². The Morgan fingerprint density at radius 1 is 0.690 bits per heavy atom. The summed E-state index contributed by atoms with van der Waals surface area (Å²) < 4.78 is 11.5. The average Bonchev–Trinajstić information content (AvgIpc) is 4.07. The second kappa shape index (κ2) is 21.0. The van der Waals surface area contributed by atoms with Gasteiger partial charge in [0.1, 0.15) is 0 Å². The van der Waals surface area contributed by atoms with Crippen LogP contribution in [0.5, 0.6) is 0 Å². The molecule has 7 rings (SSSR count). The summed E-state index contributed by atoms with van der Waals surface area (Å²) in [6.45, 7) is 9.32. The van der Waals surface area contributed by atoms with Crippen molar-refractivity contribution in [3.63, 3.8) is 0 Å². The number of rotatable bonds is 18. The van der Waals surface area contributed by atoms with Crippen molar-refractivity contribution in [1.29, 1.82) is 0 Å². The van der Waals surface area contributed by atoms with Crippen LogP contribution in [0, 0.1) is 13.8 Å². The summed E-state index contributed by atoms with van der Waals surface area (Å²) in [7, 11) is 7.95. The number of ether oxygens (including phenoxy) is 2. The van der Waals surface area contributed by atoms with E-state index in [0.29, 0.717) is 26.1 Å². The highest BCUT2D eigenvalue weighted by Crippen LogP contribution is 2.41. The number of nitrogens with zero attached hydrogens (tertiary/aromatic N) is 2. The number of aryl methyl sites for hydroxylation is 3. The van der Waals surface area contributed by atoms with Gasteiger partial charge in [-0.05, 0) is 162 Å². The highest BCUT2D eigenvalue weighted by atomic mass is 33.1. The quantitative estimate of drug-likeness (QED) is 0.0729. The standard InChI is InChI=1S/C46H58N4O4S4/c1-29-23-34-26-41-31(3)37(13-9-19-53-45(51)15-7-5-11-35-17-21-55-57-35)43(49-41)28-44-38(14-10-20-54-46(52)16-8-6-12-36-18-22-56-58-36)32(4)42(50-44)27-40-30(2)24-33(48-40)25-39(29)47-34/h23-28,35-36,47,49H,5-22H2,1-4H3. The lowest BCUT2D eigenvalue weighted by Crippen LogP contribution is -2.07. The fourth-order valence-electron chi connectivity index (χ4n) is 8.07. The molecular formula is C46H58N4O4S4. The third kappa shape index (κ3) is 11.6. The van der Waals surface area contributed by atoms with E-state index in [4.69, 9.17) is 19.4 Å². The number of nitrogens with one attached hydrogen (secondary N) is 2. The van der Waals surface area contributed by atoms with Gasteiger partial charge in [-0.3, -0.25) is 9.59 Å². The van der Waals surface area contributed by atoms with Gasteiger partial charge in [0.25, 0.3) is 0 Å². The van der Waals surface area contributed by atoms with E-state index in [1.165, 1.54) is 48.3 Å². The maximum absolute atomic E-state index is 12.6. The maximum Gasteiger partial charge on any atom is 0.305 e. The first-order valence-electron chi connectivity index (χ1n) is 21.2. The van der Waals surface area contributed by atoms with Gasteiger partial charge in [0.15, 0.2) is 0 Å². The Morgan fingerprint density at radius 2 is 1.36 bits per heavy atom. The molecule has 310 valence electrons. The molecule has 0 spiro atoms. The van der Waals surface area contributed by atoms with Crippen LogP contribution < -0.4 is 0 Å². The van der Waals surface area contributed by atoms with E-state index in [1.54, 1.807) is 0 Å². The molecule has 8 nitrogen and oxygen atoms in total. The fourth-order valence-corrected chi connectivity index (χ4v) is 14.1. The molecule has 0 aliphatic carbocycles. The summed E-state index contributed by atoms with van der Waals surface area (Å²) in [4.78, 5) is 42.9. The third-order valence-corrected chi connectivity index (χ3v) is 17.5. The molecule has 0 radical (unpaired) electrons. The first-order valence-corrected chi connectivity index (χ1v) is 25.9. The summed E-state index contributed by atoms with van der Waals surface area (Å²) in [6.07, 6.45) is 14.9. The predicted octanol–water partition coefficient (Wildman–Crippen LogP) is 12.7. The van der Waals surface area contributed by atoms with Crippen molar-refractivity contribution in [2.24, 2.45) is 0 Å². The number of hydrogen-bond acceptors (Lipinski definition) is 10. The number of carbonyl (C=O) groups is 2. The third-order valence-electron chi connectivity index (χ3n) is 11.5. The predicted molar refractivity (Wildman–Crippen MR) is 250 cm³/mol. The zero-order valence-electron chi connectivity index (χ0n) is 34.5. The molecule has 58 heavy (non-hydrogen) atoms. The van der Waals surface area contributed by atoms with Crippen molar-refractivity contribution in [3.05, 3.63) is 69.8 Å². The molecule has 2 unspecified atom stereocenters. The van der Waals surface area contributed by atoms with Gasteiger partial charge in [-0.1, -0.05) is 56.0 Å². The summed E-state index contributed by atoms with van der Waals surface area (Å²) in [5.41, 5.74) is 14.6. The van der Waals surface area contributed by atoms with Crippen LogP contribution in [-0.4, -0.2) is 67.1 Å². The Balaban J connectivity index is 1.09. The van der Waals surface area contributed by atoms with Crippen molar-refractivity contribution < 1.29 is 19.1 Å². The van der Waals surface area contributed by atoms with Crippen LogP contribution in [0.25, 0.3) is 44.9 Å². The molecule has 2 atom stereocenters. The van der Waals surface area contributed by atoms with Gasteiger partial charge in [0, 0.05) is 56.9 Å². The Morgan fingerprint density at radius 3 is 2.02 bits per heavy atom. The van der Waals surface area contributed by atoms with Gasteiger partial charge in [-0.25, -0.2) is 9.97 Å². The van der Waals surface area contributed by atoms with E-state index in [1.807, 2.05) is 43.2 Å². The van der Waals surface area contributed by atoms with E-state index in [-0.39, 0.29) is 11.9 Å². The second-order valence-electron chi connectivity index (χ2n) is 16.0. The number of aromatic nitrogens is 4. The Kier molecular flexibility index (Phi) is 15.6. The second-order valence-corrected chi connectivity index (χ2v) is 21.6. The molecule has 0 amide bonds. The molecule has 3 aromatic rings. The van der Waals surface area contributed by atoms with Crippen LogP contribution in [0.4, 0.5) is 0 Å². The number of allylic oxidation sites excluding steroid dienone is 3. The highest BCUT2D eigenvalue weighted by Gasteiger charge is 2.21. The molecule has 12 heteroatoms. The topological polar surface area (TPSA) is 110 Å². The van der Waals surface area contributed by atoms with Crippen molar-refractivity contribution in [3.8, 4) is 0 Å². The van der Waals surface area contributed by atoms with E-state index in [2.05, 4.69) is 74.1 Å². The van der Waals surface area contributed by atoms with Gasteiger partial charge in [-0.2, -0.15) is 0 Å². The summed E-state index contributed by atoms with van der Waals surface area (Å²) in [6, 6.07) is 10.7. The first-order chi connectivity index (χ1) is 28.2. The highest BCUT2D eigenvalue weighted by molar-refractivity contribution is 8.77. The van der Waals surface area contributed by atoms with E-state index in [0.717, 1.165) is 129 Å². The fraction of sp³-hybridized carbons (Fsp3) is 0.522. The molecule has 3 aromatic heterocycles. The number of fused-ring (bicyclic) bond motifs is 8. The lowest BCUT2D eigenvalue weighted by molar-refractivity contribution is -0.144. The Labute approximate surface area is 359 Å². The summed E-state index contributed by atoms with van der Waals surface area (Å²) >= 11 is 0. The van der Waals surface area contributed by atoms with Crippen LogP contribution in [0.15, 0.2) is 30.3 Å². The summed E-state index contributed by atoms with van der Waals surface area (Å²) in [5.74, 6) is 2.30. The molecular weight excluding hydrogens is 801 g/mol. The van der Waals surface area contributed by atoms with E-state index >= 15 is 0 Å². The smallest absolute Gasteiger partial charge is 0.305 e. The molecule has 2 N–H and O–H groups in total. The van der Waals surface area contributed by atoms with Gasteiger partial charge < -0.3 is 19.4 Å². The average molecular weight is 859 g/mol. The molecule has 4 aliphatic rings. The number of esters is 2. The number of unbranched alkanes of at least 4 members (excludes halogenated alkanes) is 2. The van der Waals surface area contributed by atoms with Crippen molar-refractivity contribution >= 4 is 100.0 Å². The number of hydrogen-bond donors (Lipinski definition) is 2. The van der Waals surface area contributed by atoms with E-state index < -0.39 is 0 Å². The maximum atomic E-state index is 12.6. The molecule has 0 saturated carbocycles. The number of carbonyl (C=O) groups excluding carboxylic acids is 2. The zero-order valence-corrected chi connectivity index (χ0v) is 37.8. The van der Waals surface area contributed by atoms with Crippen LogP contribution >= 0.6 is 43.2 Å². The minimum absolute atomic E-state index is 0.0954. The largest absolute Gasteiger partial charge is 0.466 e. The minimum atomic E-state index is -0.0997. The lowest BCUT2D eigenvalue weighted by Gasteiger charge is -2.08. The van der Waals surface area contributed by atoms with Crippen LogP contribution in [-0.2, 0) is 25.5 Å². The van der Waals surface area contributed by atoms with Gasteiger partial charge in [0.05, 0.1) is 36.0 Å². The van der Waals surface area contributed by atoms with Gasteiger partial charge in [0.2, 0.25) is 0 Å². The van der Waals surface area contributed by atoms with Crippen LogP contribution in [0.2, 0.25) is 0 Å². The molecule has 2 fully saturated rings.